The number of aliphatic hydroxyl groups is 1. The topological polar surface area (TPSA) is 75.6 Å². The fourth-order valence-electron chi connectivity index (χ4n) is 9.78. The van der Waals surface area contributed by atoms with E-state index in [4.69, 9.17) is 4.84 Å². The molecule has 5 heteroatoms. The Morgan fingerprint density at radius 1 is 1.03 bits per heavy atom. The largest absolute Gasteiger partial charge is 0.393 e. The minimum absolute atomic E-state index is 0.0164. The lowest BCUT2D eigenvalue weighted by Gasteiger charge is -2.65. The maximum atomic E-state index is 14.0. The van der Waals surface area contributed by atoms with E-state index in [2.05, 4.69) is 39.3 Å². The summed E-state index contributed by atoms with van der Waals surface area (Å²) < 4.78 is 0. The molecule has 4 fully saturated rings. The van der Waals surface area contributed by atoms with Crippen LogP contribution in [0, 0.1) is 51.8 Å². The van der Waals surface area contributed by atoms with Gasteiger partial charge in [0.15, 0.2) is 5.78 Å². The molecule has 0 radical (unpaired) electrons. The van der Waals surface area contributed by atoms with Crippen LogP contribution in [0.4, 0.5) is 0 Å². The number of amides is 1. The first-order chi connectivity index (χ1) is 15.5. The van der Waals surface area contributed by atoms with Gasteiger partial charge in [-0.05, 0) is 104 Å². The third-order valence-electron chi connectivity index (χ3n) is 11.6. The summed E-state index contributed by atoms with van der Waals surface area (Å²) in [6.07, 6.45) is 10.9. The molecule has 0 aliphatic heterocycles. The third kappa shape index (κ3) is 3.31. The zero-order valence-corrected chi connectivity index (χ0v) is 21.2. The summed E-state index contributed by atoms with van der Waals surface area (Å²) in [4.78, 5) is 31.5. The Labute approximate surface area is 199 Å². The highest BCUT2D eigenvalue weighted by molar-refractivity contribution is 5.95. The van der Waals surface area contributed by atoms with Gasteiger partial charge in [0.05, 0.1) is 13.2 Å². The summed E-state index contributed by atoms with van der Waals surface area (Å²) in [6.45, 7) is 9.35. The van der Waals surface area contributed by atoms with Crippen LogP contribution in [0.25, 0.3) is 0 Å². The quantitative estimate of drug-likeness (QED) is 0.582. The van der Waals surface area contributed by atoms with Crippen LogP contribution in [0.1, 0.15) is 85.5 Å². The Balaban J connectivity index is 1.51. The summed E-state index contributed by atoms with van der Waals surface area (Å²) in [6, 6.07) is 0. The van der Waals surface area contributed by atoms with Gasteiger partial charge in [0, 0.05) is 11.8 Å². The van der Waals surface area contributed by atoms with Crippen molar-refractivity contribution in [3.8, 4) is 0 Å². The van der Waals surface area contributed by atoms with Crippen LogP contribution in [-0.2, 0) is 14.4 Å². The Bertz CT molecular complexity index is 868. The lowest BCUT2D eigenvalue weighted by Crippen LogP contribution is -2.62. The second kappa shape index (κ2) is 7.91. The first-order valence-corrected chi connectivity index (χ1v) is 13.3. The smallest absolute Gasteiger partial charge is 0.246 e. The zero-order chi connectivity index (χ0) is 23.8. The maximum absolute atomic E-state index is 14.0. The lowest BCUT2D eigenvalue weighted by molar-refractivity contribution is -0.169. The number of nitrogens with one attached hydrogen (secondary N) is 1. The number of ketones is 1. The van der Waals surface area contributed by atoms with Gasteiger partial charge in [-0.15, -0.1) is 0 Å². The van der Waals surface area contributed by atoms with Gasteiger partial charge >= 0.3 is 0 Å². The van der Waals surface area contributed by atoms with E-state index in [1.165, 1.54) is 19.1 Å². The number of rotatable bonds is 2. The molecule has 5 aliphatic carbocycles. The van der Waals surface area contributed by atoms with E-state index in [-0.39, 0.29) is 46.0 Å². The molecule has 5 nitrogen and oxygen atoms in total. The normalized spacial score (nSPS) is 51.4. The van der Waals surface area contributed by atoms with Crippen molar-refractivity contribution in [2.24, 2.45) is 51.8 Å². The molecule has 184 valence electrons. The van der Waals surface area contributed by atoms with Crippen LogP contribution in [0.2, 0.25) is 0 Å². The standard InChI is InChI=1S/C28H43NO4/c1-16-19-8-12-28(4)20-7-11-26(2)10-6-17(25(32)29-33-5)14-21(26)18(20)15-23(31)24(28)27(19,3)13-9-22(16)30/h15-17,19-22,24,30H,6-14H2,1-5H3,(H,29,32). The fraction of sp³-hybridized carbons (Fsp3) is 0.857. The molecule has 10 atom stereocenters. The molecule has 0 aromatic rings. The molecule has 0 aromatic carbocycles. The SMILES string of the molecule is CONC(=O)C1CCC2(C)CCC3C(=CC(=O)C4C3(C)CCC3C(C)C(O)CCC34C)C2C1. The Morgan fingerprint density at radius 2 is 1.73 bits per heavy atom. The predicted molar refractivity (Wildman–Crippen MR) is 127 cm³/mol. The van der Waals surface area contributed by atoms with Crippen molar-refractivity contribution in [3.05, 3.63) is 11.6 Å². The Kier molecular flexibility index (Phi) is 5.64. The van der Waals surface area contributed by atoms with Gasteiger partial charge < -0.3 is 5.11 Å². The summed E-state index contributed by atoms with van der Waals surface area (Å²) >= 11 is 0. The predicted octanol–water partition coefficient (Wildman–Crippen LogP) is 4.84. The number of hydrogen-bond acceptors (Lipinski definition) is 4. The molecule has 0 spiro atoms. The van der Waals surface area contributed by atoms with Crippen LogP contribution in [0.5, 0.6) is 0 Å². The van der Waals surface area contributed by atoms with Crippen LogP contribution >= 0.6 is 0 Å². The van der Waals surface area contributed by atoms with Gasteiger partial charge in [-0.3, -0.25) is 14.4 Å². The van der Waals surface area contributed by atoms with Crippen molar-refractivity contribution >= 4 is 11.7 Å². The first-order valence-electron chi connectivity index (χ1n) is 13.3. The van der Waals surface area contributed by atoms with Crippen molar-refractivity contribution in [1.82, 2.24) is 5.48 Å². The van der Waals surface area contributed by atoms with Crippen LogP contribution in [0.15, 0.2) is 11.6 Å². The number of fused-ring (bicyclic) bond motifs is 7. The number of aliphatic hydroxyl groups excluding tert-OH is 1. The summed E-state index contributed by atoms with van der Waals surface area (Å²) in [5.41, 5.74) is 4.05. The van der Waals surface area contributed by atoms with Crippen molar-refractivity contribution in [2.45, 2.75) is 91.6 Å². The molecule has 4 saturated carbocycles. The van der Waals surface area contributed by atoms with Gasteiger partial charge in [-0.2, -0.15) is 0 Å². The molecule has 0 heterocycles. The minimum Gasteiger partial charge on any atom is -0.393 e. The van der Waals surface area contributed by atoms with Gasteiger partial charge in [-0.1, -0.05) is 33.3 Å². The number of carbonyl (C=O) groups is 2. The molecular formula is C28H43NO4. The Hall–Kier alpha value is -1.20. The monoisotopic (exact) mass is 457 g/mol. The van der Waals surface area contributed by atoms with Gasteiger partial charge in [-0.25, -0.2) is 5.48 Å². The highest BCUT2D eigenvalue weighted by atomic mass is 16.6. The highest BCUT2D eigenvalue weighted by Crippen LogP contribution is 2.69. The van der Waals surface area contributed by atoms with E-state index in [1.54, 1.807) is 0 Å². The second-order valence-electron chi connectivity index (χ2n) is 13.0. The van der Waals surface area contributed by atoms with E-state index in [9.17, 15) is 14.7 Å². The maximum Gasteiger partial charge on any atom is 0.246 e. The molecular weight excluding hydrogens is 414 g/mol. The van der Waals surface area contributed by atoms with Crippen molar-refractivity contribution in [3.63, 3.8) is 0 Å². The van der Waals surface area contributed by atoms with Crippen molar-refractivity contribution < 1.29 is 19.5 Å². The molecule has 33 heavy (non-hydrogen) atoms. The van der Waals surface area contributed by atoms with Gasteiger partial charge in [0.1, 0.15) is 0 Å². The molecule has 5 rings (SSSR count). The average Bonchev–Trinajstić information content (AvgIpc) is 2.75. The van der Waals surface area contributed by atoms with Crippen molar-refractivity contribution in [2.75, 3.05) is 7.11 Å². The fourth-order valence-corrected chi connectivity index (χ4v) is 9.78. The molecule has 10 unspecified atom stereocenters. The summed E-state index contributed by atoms with van der Waals surface area (Å²) in [5, 5.41) is 10.6. The summed E-state index contributed by atoms with van der Waals surface area (Å²) in [7, 11) is 1.49. The van der Waals surface area contributed by atoms with E-state index in [0.29, 0.717) is 23.5 Å². The van der Waals surface area contributed by atoms with Gasteiger partial charge in [0.25, 0.3) is 0 Å². The highest BCUT2D eigenvalue weighted by Gasteiger charge is 2.64. The summed E-state index contributed by atoms with van der Waals surface area (Å²) in [5.74, 6) is 1.73. The lowest BCUT2D eigenvalue weighted by atomic mass is 9.38. The third-order valence-corrected chi connectivity index (χ3v) is 11.6. The molecule has 1 amide bonds. The molecule has 0 aromatic heterocycles. The minimum atomic E-state index is -0.231. The van der Waals surface area contributed by atoms with E-state index < -0.39 is 0 Å². The Morgan fingerprint density at radius 3 is 2.45 bits per heavy atom. The first kappa shape index (κ1) is 23.5. The molecule has 0 bridgehead atoms. The van der Waals surface area contributed by atoms with Crippen molar-refractivity contribution in [1.29, 1.82) is 0 Å². The molecule has 5 aliphatic rings. The zero-order valence-electron chi connectivity index (χ0n) is 21.2. The number of hydrogen-bond donors (Lipinski definition) is 2. The van der Waals surface area contributed by atoms with Crippen LogP contribution in [0.3, 0.4) is 0 Å². The van der Waals surface area contributed by atoms with E-state index >= 15 is 0 Å². The molecule has 0 saturated heterocycles. The average molecular weight is 458 g/mol. The van der Waals surface area contributed by atoms with E-state index in [0.717, 1.165) is 51.4 Å². The number of hydroxylamine groups is 1. The second-order valence-corrected chi connectivity index (χ2v) is 13.0. The van der Waals surface area contributed by atoms with Gasteiger partial charge in [0.2, 0.25) is 5.91 Å². The number of carbonyl (C=O) groups excluding carboxylic acids is 2. The van der Waals surface area contributed by atoms with Crippen LogP contribution in [-0.4, -0.2) is 30.0 Å². The molecule has 2 N–H and O–H groups in total. The number of allylic oxidation sites excluding steroid dienone is 2. The van der Waals surface area contributed by atoms with Crippen LogP contribution < -0.4 is 5.48 Å². The van der Waals surface area contributed by atoms with E-state index in [1.807, 2.05) is 0 Å².